The predicted molar refractivity (Wildman–Crippen MR) is 105 cm³/mol. The van der Waals surface area contributed by atoms with Crippen LogP contribution < -0.4 is 4.74 Å². The molecule has 0 spiro atoms. The first-order valence-corrected chi connectivity index (χ1v) is 9.23. The average Bonchev–Trinajstić information content (AvgIpc) is 2.68. The molecule has 2 atom stereocenters. The molecule has 132 valence electrons. The van der Waals surface area contributed by atoms with Crippen LogP contribution in [0.3, 0.4) is 0 Å². The van der Waals surface area contributed by atoms with Gasteiger partial charge in [0.2, 0.25) is 0 Å². The molecule has 3 aromatic carbocycles. The van der Waals surface area contributed by atoms with Crippen molar-refractivity contribution >= 4 is 16.9 Å². The Bertz CT molecular complexity index is 906. The molecule has 4 rings (SSSR count). The molecule has 0 aliphatic carbocycles. The van der Waals surface area contributed by atoms with E-state index in [2.05, 4.69) is 49.4 Å². The number of fused-ring (bicyclic) bond motifs is 1. The van der Waals surface area contributed by atoms with Crippen LogP contribution in [0.1, 0.15) is 31.2 Å². The summed E-state index contributed by atoms with van der Waals surface area (Å²) in [5.74, 6) is 1.08. The van der Waals surface area contributed by atoms with Crippen molar-refractivity contribution < 1.29 is 9.53 Å². The lowest BCUT2D eigenvalue weighted by Crippen LogP contribution is -2.45. The van der Waals surface area contributed by atoms with Gasteiger partial charge in [-0.15, -0.1) is 0 Å². The van der Waals surface area contributed by atoms with Gasteiger partial charge in [0, 0.05) is 12.6 Å². The number of nitrogens with zero attached hydrogens (tertiary/aromatic N) is 1. The van der Waals surface area contributed by atoms with Gasteiger partial charge in [-0.2, -0.15) is 0 Å². The van der Waals surface area contributed by atoms with E-state index in [1.54, 1.807) is 0 Å². The summed E-state index contributed by atoms with van der Waals surface area (Å²) in [5, 5.41) is 2.55. The highest BCUT2D eigenvalue weighted by atomic mass is 16.6. The minimum Gasteiger partial charge on any atom is -0.410 e. The van der Waals surface area contributed by atoms with Crippen molar-refractivity contribution in [3.63, 3.8) is 0 Å². The molecule has 26 heavy (non-hydrogen) atoms. The lowest BCUT2D eigenvalue weighted by atomic mass is 9.85. The Hall–Kier alpha value is -2.81. The molecule has 3 aromatic rings. The molecule has 0 saturated carbocycles. The molecule has 0 radical (unpaired) electrons. The number of likely N-dealkylation sites (tertiary alicyclic amines) is 1. The first-order valence-electron chi connectivity index (χ1n) is 9.23. The fraction of sp³-hybridized carbons (Fsp3) is 0.261. The Balaban J connectivity index is 1.44. The molecule has 0 unspecified atom stereocenters. The number of carbonyl (C=O) groups is 1. The van der Waals surface area contributed by atoms with E-state index in [1.807, 2.05) is 35.2 Å². The van der Waals surface area contributed by atoms with Crippen molar-refractivity contribution in [2.75, 3.05) is 6.54 Å². The summed E-state index contributed by atoms with van der Waals surface area (Å²) in [6, 6.07) is 24.6. The summed E-state index contributed by atoms with van der Waals surface area (Å²) in [6.07, 6.45) is 1.68. The minimum absolute atomic E-state index is 0.163. The van der Waals surface area contributed by atoms with E-state index >= 15 is 0 Å². The molecule has 0 aromatic heterocycles. The lowest BCUT2D eigenvalue weighted by Gasteiger charge is -2.37. The van der Waals surface area contributed by atoms with Crippen LogP contribution in [0.5, 0.6) is 5.75 Å². The van der Waals surface area contributed by atoms with Crippen molar-refractivity contribution in [1.82, 2.24) is 4.90 Å². The number of rotatable bonds is 2. The van der Waals surface area contributed by atoms with Gasteiger partial charge in [-0.25, -0.2) is 4.79 Å². The summed E-state index contributed by atoms with van der Waals surface area (Å²) in [4.78, 5) is 14.4. The van der Waals surface area contributed by atoms with Gasteiger partial charge in [0.05, 0.1) is 0 Å². The molecular formula is C23H23NO2. The topological polar surface area (TPSA) is 29.5 Å². The van der Waals surface area contributed by atoms with Crippen molar-refractivity contribution in [2.45, 2.75) is 31.7 Å². The van der Waals surface area contributed by atoms with Gasteiger partial charge in [0.25, 0.3) is 0 Å². The van der Waals surface area contributed by atoms with E-state index in [0.29, 0.717) is 11.7 Å². The molecule has 1 amide bonds. The highest BCUT2D eigenvalue weighted by molar-refractivity contribution is 5.83. The maximum absolute atomic E-state index is 12.5. The predicted octanol–water partition coefficient (Wildman–Crippen LogP) is 5.61. The summed E-state index contributed by atoms with van der Waals surface area (Å²) in [7, 11) is 0. The van der Waals surface area contributed by atoms with Crippen LogP contribution in [0.15, 0.2) is 72.8 Å². The minimum atomic E-state index is -0.249. The molecule has 0 bridgehead atoms. The Morgan fingerprint density at radius 2 is 1.69 bits per heavy atom. The van der Waals surface area contributed by atoms with Crippen molar-refractivity contribution in [2.24, 2.45) is 0 Å². The summed E-state index contributed by atoms with van der Waals surface area (Å²) < 4.78 is 5.51. The third-order valence-corrected chi connectivity index (χ3v) is 5.30. The SMILES string of the molecule is C[C@@H]1C[C@H](c2ccc3ccccc3c2)CCN1C(=O)Oc1ccccc1. The second-order valence-corrected chi connectivity index (χ2v) is 7.05. The van der Waals surface area contributed by atoms with E-state index in [0.717, 1.165) is 19.4 Å². The van der Waals surface area contributed by atoms with E-state index in [1.165, 1.54) is 16.3 Å². The third kappa shape index (κ3) is 3.43. The number of para-hydroxylation sites is 1. The zero-order valence-corrected chi connectivity index (χ0v) is 15.0. The van der Waals surface area contributed by atoms with Gasteiger partial charge >= 0.3 is 6.09 Å². The number of carbonyl (C=O) groups excluding carboxylic acids is 1. The van der Waals surface area contributed by atoms with Crippen LogP contribution in [-0.4, -0.2) is 23.6 Å². The van der Waals surface area contributed by atoms with Gasteiger partial charge in [-0.05, 0) is 54.2 Å². The fourth-order valence-corrected chi connectivity index (χ4v) is 3.86. The zero-order chi connectivity index (χ0) is 17.9. The number of hydrogen-bond acceptors (Lipinski definition) is 2. The van der Waals surface area contributed by atoms with Crippen molar-refractivity contribution in [3.05, 3.63) is 78.4 Å². The molecule has 3 heteroatoms. The standard InChI is InChI=1S/C23H23NO2/c1-17-15-21(20-12-11-18-7-5-6-8-19(18)16-20)13-14-24(17)23(25)26-22-9-3-2-4-10-22/h2-12,16-17,21H,13-15H2,1H3/t17-,21-/m1/s1. The van der Waals surface area contributed by atoms with Crippen molar-refractivity contribution in [1.29, 1.82) is 0 Å². The van der Waals surface area contributed by atoms with Gasteiger partial charge < -0.3 is 9.64 Å². The lowest BCUT2D eigenvalue weighted by molar-refractivity contribution is 0.113. The molecule has 1 saturated heterocycles. The van der Waals surface area contributed by atoms with E-state index in [4.69, 9.17) is 4.74 Å². The van der Waals surface area contributed by atoms with E-state index in [9.17, 15) is 4.79 Å². The summed E-state index contributed by atoms with van der Waals surface area (Å²) in [5.41, 5.74) is 1.37. The highest BCUT2D eigenvalue weighted by Crippen LogP contribution is 2.33. The van der Waals surface area contributed by atoms with Gasteiger partial charge in [0.1, 0.15) is 5.75 Å². The van der Waals surface area contributed by atoms with E-state index in [-0.39, 0.29) is 12.1 Å². The Morgan fingerprint density at radius 3 is 2.46 bits per heavy atom. The molecule has 3 nitrogen and oxygen atoms in total. The smallest absolute Gasteiger partial charge is 0.410 e. The normalized spacial score (nSPS) is 20.1. The quantitative estimate of drug-likeness (QED) is 0.604. The van der Waals surface area contributed by atoms with Gasteiger partial charge in [-0.1, -0.05) is 60.7 Å². The molecule has 0 N–H and O–H groups in total. The Kier molecular flexibility index (Phi) is 4.61. The summed E-state index contributed by atoms with van der Waals surface area (Å²) in [6.45, 7) is 2.84. The van der Waals surface area contributed by atoms with Gasteiger partial charge in [0.15, 0.2) is 0 Å². The van der Waals surface area contributed by atoms with E-state index < -0.39 is 0 Å². The maximum atomic E-state index is 12.5. The van der Waals surface area contributed by atoms with Crippen LogP contribution in [0, 0.1) is 0 Å². The highest BCUT2D eigenvalue weighted by Gasteiger charge is 2.30. The second kappa shape index (κ2) is 7.20. The van der Waals surface area contributed by atoms with Crippen LogP contribution in [0.4, 0.5) is 4.79 Å². The van der Waals surface area contributed by atoms with Crippen LogP contribution in [-0.2, 0) is 0 Å². The van der Waals surface area contributed by atoms with Gasteiger partial charge in [-0.3, -0.25) is 0 Å². The molecule has 1 fully saturated rings. The first kappa shape index (κ1) is 16.6. The zero-order valence-electron chi connectivity index (χ0n) is 15.0. The van der Waals surface area contributed by atoms with Crippen LogP contribution in [0.2, 0.25) is 0 Å². The number of ether oxygens (including phenoxy) is 1. The number of amides is 1. The summed E-state index contributed by atoms with van der Waals surface area (Å²) >= 11 is 0. The third-order valence-electron chi connectivity index (χ3n) is 5.30. The molecule has 1 aliphatic heterocycles. The largest absolute Gasteiger partial charge is 0.415 e. The first-order chi connectivity index (χ1) is 12.7. The molecule has 1 heterocycles. The van der Waals surface area contributed by atoms with Crippen LogP contribution in [0.25, 0.3) is 10.8 Å². The number of piperidine rings is 1. The number of hydrogen-bond donors (Lipinski definition) is 0. The average molecular weight is 345 g/mol. The van der Waals surface area contributed by atoms with Crippen LogP contribution >= 0.6 is 0 Å². The van der Waals surface area contributed by atoms with Crippen molar-refractivity contribution in [3.8, 4) is 5.75 Å². The maximum Gasteiger partial charge on any atom is 0.415 e. The fourth-order valence-electron chi connectivity index (χ4n) is 3.86. The number of benzene rings is 3. The monoisotopic (exact) mass is 345 g/mol. The molecular weight excluding hydrogens is 322 g/mol. The Morgan fingerprint density at radius 1 is 0.962 bits per heavy atom. The second-order valence-electron chi connectivity index (χ2n) is 7.05. The Labute approximate surface area is 154 Å². The molecule has 1 aliphatic rings.